The van der Waals surface area contributed by atoms with Gasteiger partial charge in [-0.05, 0) is 33.2 Å². The maximum absolute atomic E-state index is 12.0. The summed E-state index contributed by atoms with van der Waals surface area (Å²) in [6.45, 7) is 2.40. The van der Waals surface area contributed by atoms with Crippen LogP contribution in [0.25, 0.3) is 0 Å². The molecule has 0 saturated carbocycles. The zero-order chi connectivity index (χ0) is 13.1. The highest BCUT2D eigenvalue weighted by Crippen LogP contribution is 2.17. The minimum absolute atomic E-state index is 0.00673. The standard InChI is InChI=1S/C10H16ClN3O2S/c1-8(7-14(2)3)13-17(15,16)9-5-4-6-12-10(9)11/h4-6,8,13H,7H2,1-3H3. The van der Waals surface area contributed by atoms with Gasteiger partial charge in [-0.25, -0.2) is 18.1 Å². The van der Waals surface area contributed by atoms with Gasteiger partial charge in [-0.1, -0.05) is 11.6 Å². The monoisotopic (exact) mass is 277 g/mol. The molecule has 1 aromatic rings. The van der Waals surface area contributed by atoms with E-state index in [1.807, 2.05) is 19.0 Å². The second kappa shape index (κ2) is 5.77. The molecule has 0 amide bonds. The SMILES string of the molecule is CC(CN(C)C)NS(=O)(=O)c1cccnc1Cl. The Morgan fingerprint density at radius 1 is 1.53 bits per heavy atom. The van der Waals surface area contributed by atoms with Crippen molar-refractivity contribution in [2.45, 2.75) is 17.9 Å². The first-order chi connectivity index (χ1) is 7.83. The van der Waals surface area contributed by atoms with E-state index in [0.29, 0.717) is 6.54 Å². The number of nitrogens with zero attached hydrogens (tertiary/aromatic N) is 2. The quantitative estimate of drug-likeness (QED) is 0.815. The van der Waals surface area contributed by atoms with Crippen LogP contribution in [0.15, 0.2) is 23.2 Å². The molecule has 17 heavy (non-hydrogen) atoms. The summed E-state index contributed by atoms with van der Waals surface area (Å²) in [4.78, 5) is 5.66. The molecule has 1 aromatic heterocycles. The molecule has 0 spiro atoms. The van der Waals surface area contributed by atoms with Crippen LogP contribution in [0.1, 0.15) is 6.92 Å². The van der Waals surface area contributed by atoms with Gasteiger partial charge in [0.2, 0.25) is 10.0 Å². The van der Waals surface area contributed by atoms with Crippen molar-refractivity contribution in [1.82, 2.24) is 14.6 Å². The Morgan fingerprint density at radius 3 is 2.71 bits per heavy atom. The fourth-order valence-electron chi connectivity index (χ4n) is 1.49. The molecule has 1 unspecified atom stereocenters. The summed E-state index contributed by atoms with van der Waals surface area (Å²) in [6, 6.07) is 2.77. The van der Waals surface area contributed by atoms with Crippen LogP contribution < -0.4 is 4.72 Å². The molecule has 1 N–H and O–H groups in total. The number of sulfonamides is 1. The highest BCUT2D eigenvalue weighted by atomic mass is 35.5. The number of rotatable bonds is 5. The van der Waals surface area contributed by atoms with Crippen molar-refractivity contribution in [1.29, 1.82) is 0 Å². The molecular formula is C10H16ClN3O2S. The third-order valence-electron chi connectivity index (χ3n) is 2.01. The van der Waals surface area contributed by atoms with Crippen molar-refractivity contribution in [3.05, 3.63) is 23.5 Å². The Bertz CT molecular complexity index is 476. The second-order valence-electron chi connectivity index (χ2n) is 4.08. The highest BCUT2D eigenvalue weighted by molar-refractivity contribution is 7.89. The molecule has 1 rings (SSSR count). The Kier molecular flexibility index (Phi) is 4.88. The first-order valence-corrected chi connectivity index (χ1v) is 6.96. The third-order valence-corrected chi connectivity index (χ3v) is 4.04. The number of hydrogen-bond donors (Lipinski definition) is 1. The largest absolute Gasteiger partial charge is 0.308 e. The number of aromatic nitrogens is 1. The molecule has 7 heteroatoms. The average molecular weight is 278 g/mol. The lowest BCUT2D eigenvalue weighted by atomic mass is 10.3. The molecule has 0 saturated heterocycles. The number of halogens is 1. The van der Waals surface area contributed by atoms with Crippen LogP contribution in [-0.2, 0) is 10.0 Å². The predicted molar refractivity (Wildman–Crippen MR) is 67.6 cm³/mol. The summed E-state index contributed by atoms with van der Waals surface area (Å²) < 4.78 is 26.5. The molecule has 96 valence electrons. The van der Waals surface area contributed by atoms with Crippen LogP contribution in [-0.4, -0.2) is 45.0 Å². The van der Waals surface area contributed by atoms with Crippen LogP contribution in [0.5, 0.6) is 0 Å². The Labute approximate surface area is 107 Å². The number of hydrogen-bond acceptors (Lipinski definition) is 4. The second-order valence-corrected chi connectivity index (χ2v) is 6.12. The summed E-state index contributed by atoms with van der Waals surface area (Å²) >= 11 is 5.76. The van der Waals surface area contributed by atoms with Gasteiger partial charge < -0.3 is 4.90 Å². The molecule has 0 aliphatic heterocycles. The Balaban J connectivity index is 2.86. The Hall–Kier alpha value is -0.690. The predicted octanol–water partition coefficient (Wildman–Crippen LogP) is 0.963. The van der Waals surface area contributed by atoms with Gasteiger partial charge in [0.25, 0.3) is 0 Å². The normalized spacial score (nSPS) is 13.9. The fourth-order valence-corrected chi connectivity index (χ4v) is 3.17. The molecule has 0 radical (unpaired) electrons. The van der Waals surface area contributed by atoms with Crippen molar-refractivity contribution in [2.24, 2.45) is 0 Å². The van der Waals surface area contributed by atoms with E-state index in [0.717, 1.165) is 0 Å². The molecular weight excluding hydrogens is 262 g/mol. The molecule has 5 nitrogen and oxygen atoms in total. The van der Waals surface area contributed by atoms with Crippen molar-refractivity contribution in [3.8, 4) is 0 Å². The van der Waals surface area contributed by atoms with Gasteiger partial charge in [-0.15, -0.1) is 0 Å². The van der Waals surface area contributed by atoms with Crippen molar-refractivity contribution < 1.29 is 8.42 Å². The first kappa shape index (κ1) is 14.4. The Morgan fingerprint density at radius 2 is 2.18 bits per heavy atom. The van der Waals surface area contributed by atoms with Crippen molar-refractivity contribution >= 4 is 21.6 Å². The topological polar surface area (TPSA) is 62.3 Å². The molecule has 0 aliphatic rings. The smallest absolute Gasteiger partial charge is 0.243 e. The zero-order valence-corrected chi connectivity index (χ0v) is 11.6. The number of nitrogens with one attached hydrogen (secondary N) is 1. The third kappa shape index (κ3) is 4.23. The van der Waals surface area contributed by atoms with Gasteiger partial charge in [0.1, 0.15) is 10.0 Å². The van der Waals surface area contributed by atoms with Gasteiger partial charge >= 0.3 is 0 Å². The van der Waals surface area contributed by atoms with Crippen molar-refractivity contribution in [3.63, 3.8) is 0 Å². The van der Waals surface area contributed by atoms with Gasteiger partial charge in [-0.2, -0.15) is 0 Å². The van der Waals surface area contributed by atoms with E-state index in [2.05, 4.69) is 9.71 Å². The number of pyridine rings is 1. The lowest BCUT2D eigenvalue weighted by molar-refractivity contribution is 0.370. The minimum Gasteiger partial charge on any atom is -0.308 e. The molecule has 0 fully saturated rings. The molecule has 0 bridgehead atoms. The summed E-state index contributed by atoms with van der Waals surface area (Å²) in [7, 11) is 0.147. The maximum atomic E-state index is 12.0. The zero-order valence-electron chi connectivity index (χ0n) is 10.0. The van der Waals surface area contributed by atoms with E-state index in [9.17, 15) is 8.42 Å². The van der Waals surface area contributed by atoms with E-state index >= 15 is 0 Å². The number of likely N-dealkylation sites (N-methyl/N-ethyl adjacent to an activating group) is 1. The molecule has 0 aromatic carbocycles. The minimum atomic E-state index is -3.61. The lowest BCUT2D eigenvalue weighted by Gasteiger charge is -2.18. The average Bonchev–Trinajstić information content (AvgIpc) is 2.15. The van der Waals surface area contributed by atoms with Crippen molar-refractivity contribution in [2.75, 3.05) is 20.6 Å². The molecule has 0 aliphatic carbocycles. The fraction of sp³-hybridized carbons (Fsp3) is 0.500. The van der Waals surface area contributed by atoms with Crippen LogP contribution >= 0.6 is 11.6 Å². The van der Waals surface area contributed by atoms with E-state index in [1.165, 1.54) is 18.3 Å². The summed E-state index contributed by atoms with van der Waals surface area (Å²) in [5.74, 6) is 0. The van der Waals surface area contributed by atoms with E-state index in [4.69, 9.17) is 11.6 Å². The van der Waals surface area contributed by atoms with E-state index in [-0.39, 0.29) is 16.1 Å². The molecule has 1 heterocycles. The van der Waals surface area contributed by atoms with Gasteiger partial charge in [0.15, 0.2) is 0 Å². The van der Waals surface area contributed by atoms with Crippen LogP contribution in [0.2, 0.25) is 5.15 Å². The molecule has 1 atom stereocenters. The van der Waals surface area contributed by atoms with Crippen LogP contribution in [0, 0.1) is 0 Å². The summed E-state index contributed by atoms with van der Waals surface area (Å²) in [5.41, 5.74) is 0. The maximum Gasteiger partial charge on any atom is 0.243 e. The lowest BCUT2D eigenvalue weighted by Crippen LogP contribution is -2.39. The first-order valence-electron chi connectivity index (χ1n) is 5.10. The van der Waals surface area contributed by atoms with Crippen LogP contribution in [0.4, 0.5) is 0 Å². The van der Waals surface area contributed by atoms with E-state index in [1.54, 1.807) is 6.92 Å². The highest BCUT2D eigenvalue weighted by Gasteiger charge is 2.20. The summed E-state index contributed by atoms with van der Waals surface area (Å²) in [6.07, 6.45) is 1.45. The van der Waals surface area contributed by atoms with Gasteiger partial charge in [0, 0.05) is 18.8 Å². The van der Waals surface area contributed by atoms with Gasteiger partial charge in [-0.3, -0.25) is 0 Å². The van der Waals surface area contributed by atoms with E-state index < -0.39 is 10.0 Å². The summed E-state index contributed by atoms with van der Waals surface area (Å²) in [5, 5.41) is -0.0166. The van der Waals surface area contributed by atoms with Crippen LogP contribution in [0.3, 0.4) is 0 Å². The van der Waals surface area contributed by atoms with Gasteiger partial charge in [0.05, 0.1) is 0 Å².